The van der Waals surface area contributed by atoms with Gasteiger partial charge in [-0.3, -0.25) is 14.6 Å². The zero-order valence-electron chi connectivity index (χ0n) is 16.8. The molecule has 6 nitrogen and oxygen atoms in total. The number of carbonyl (C=O) groups is 2. The van der Waals surface area contributed by atoms with Gasteiger partial charge in [0.05, 0.1) is 5.56 Å². The first-order valence-corrected chi connectivity index (χ1v) is 9.37. The summed E-state index contributed by atoms with van der Waals surface area (Å²) in [7, 11) is 1.50. The second-order valence-electron chi connectivity index (χ2n) is 6.53. The minimum Gasteiger partial charge on any atom is -0.457 e. The van der Waals surface area contributed by atoms with Crippen molar-refractivity contribution in [1.29, 1.82) is 0 Å². The van der Waals surface area contributed by atoms with Crippen LogP contribution < -0.4 is 15.4 Å². The molecule has 0 atom stereocenters. The fraction of sp³-hybridized carbons (Fsp3) is 0.0870. The number of amides is 2. The molecule has 0 radical (unpaired) electrons. The van der Waals surface area contributed by atoms with E-state index in [0.29, 0.717) is 17.2 Å². The van der Waals surface area contributed by atoms with E-state index >= 15 is 0 Å². The van der Waals surface area contributed by atoms with Crippen LogP contribution in [0, 0.1) is 0 Å². The number of carbonyl (C=O) groups excluding carboxylic acids is 2. The molecule has 9 heteroatoms. The number of hydrogen-bond acceptors (Lipinski definition) is 4. The quantitative estimate of drug-likeness (QED) is 0.533. The van der Waals surface area contributed by atoms with E-state index in [2.05, 4.69) is 15.6 Å². The van der Waals surface area contributed by atoms with E-state index in [0.717, 1.165) is 18.2 Å². The summed E-state index contributed by atoms with van der Waals surface area (Å²) in [6, 6.07) is 14.2. The number of nitrogens with one attached hydrogen (secondary N) is 2. The zero-order valence-corrected chi connectivity index (χ0v) is 16.8. The Hall–Kier alpha value is -4.14. The summed E-state index contributed by atoms with van der Waals surface area (Å²) in [4.78, 5) is 27.7. The number of halogens is 3. The summed E-state index contributed by atoms with van der Waals surface area (Å²) in [5.41, 5.74) is 0.151. The van der Waals surface area contributed by atoms with E-state index in [1.165, 1.54) is 37.5 Å². The van der Waals surface area contributed by atoms with Crippen LogP contribution in [-0.4, -0.2) is 23.8 Å². The maximum absolute atomic E-state index is 12.8. The fourth-order valence-corrected chi connectivity index (χ4v) is 2.64. The molecule has 1 aromatic heterocycles. The zero-order chi connectivity index (χ0) is 23.1. The van der Waals surface area contributed by atoms with Crippen LogP contribution >= 0.6 is 0 Å². The van der Waals surface area contributed by atoms with Crippen LogP contribution in [0.25, 0.3) is 6.08 Å². The Kier molecular flexibility index (Phi) is 6.89. The summed E-state index contributed by atoms with van der Waals surface area (Å²) < 4.78 is 44.0. The topological polar surface area (TPSA) is 80.3 Å². The van der Waals surface area contributed by atoms with E-state index in [1.54, 1.807) is 30.3 Å². The van der Waals surface area contributed by atoms with E-state index in [4.69, 9.17) is 4.74 Å². The average molecular weight is 441 g/mol. The lowest BCUT2D eigenvalue weighted by Gasteiger charge is -2.08. The minimum atomic E-state index is -4.45. The highest BCUT2D eigenvalue weighted by atomic mass is 19.4. The molecule has 1 heterocycles. The maximum atomic E-state index is 12.8. The second-order valence-corrected chi connectivity index (χ2v) is 6.53. The summed E-state index contributed by atoms with van der Waals surface area (Å²) >= 11 is 0. The maximum Gasteiger partial charge on any atom is 0.416 e. The Bertz CT molecular complexity index is 1140. The largest absolute Gasteiger partial charge is 0.457 e. The minimum absolute atomic E-state index is 0.210. The molecule has 0 bridgehead atoms. The summed E-state index contributed by atoms with van der Waals surface area (Å²) in [6.45, 7) is 0. The number of ether oxygens (including phenoxy) is 1. The molecule has 32 heavy (non-hydrogen) atoms. The fourth-order valence-electron chi connectivity index (χ4n) is 2.64. The summed E-state index contributed by atoms with van der Waals surface area (Å²) in [5, 5.41) is 5.09. The normalized spacial score (nSPS) is 11.2. The van der Waals surface area contributed by atoms with Crippen LogP contribution in [-0.2, 0) is 11.0 Å². The van der Waals surface area contributed by atoms with Crippen molar-refractivity contribution in [2.45, 2.75) is 6.18 Å². The molecule has 0 saturated heterocycles. The monoisotopic (exact) mass is 441 g/mol. The Labute approximate surface area is 181 Å². The molecule has 0 saturated carbocycles. The molecule has 164 valence electrons. The predicted molar refractivity (Wildman–Crippen MR) is 113 cm³/mol. The molecule has 0 spiro atoms. The van der Waals surface area contributed by atoms with E-state index in [-0.39, 0.29) is 17.2 Å². The van der Waals surface area contributed by atoms with E-state index < -0.39 is 17.6 Å². The number of aromatic nitrogens is 1. The van der Waals surface area contributed by atoms with Crippen LogP contribution in [0.5, 0.6) is 11.5 Å². The molecule has 2 amide bonds. The average Bonchev–Trinajstić information content (AvgIpc) is 2.78. The highest BCUT2D eigenvalue weighted by Crippen LogP contribution is 2.29. The third-order valence-corrected chi connectivity index (χ3v) is 4.19. The van der Waals surface area contributed by atoms with Gasteiger partial charge in [-0.1, -0.05) is 12.1 Å². The standard InChI is InChI=1S/C23H18F3N3O3/c1-27-22(31)20-14-19(11-12-28-20)32-18-8-6-17(7-9-18)29-21(30)10-5-15-3-2-4-16(13-15)23(24,25)26/h2-14H,1H3,(H,27,31)(H,29,30). The van der Waals surface area contributed by atoms with Crippen LogP contribution in [0.2, 0.25) is 0 Å². The number of nitrogens with zero attached hydrogens (tertiary/aromatic N) is 1. The smallest absolute Gasteiger partial charge is 0.416 e. The number of alkyl halides is 3. The van der Waals surface area contributed by atoms with Gasteiger partial charge < -0.3 is 15.4 Å². The highest BCUT2D eigenvalue weighted by molar-refractivity contribution is 6.02. The van der Waals surface area contributed by atoms with Crippen molar-refractivity contribution < 1.29 is 27.5 Å². The highest BCUT2D eigenvalue weighted by Gasteiger charge is 2.30. The van der Waals surface area contributed by atoms with Crippen molar-refractivity contribution in [2.24, 2.45) is 0 Å². The molecule has 3 aromatic rings. The second kappa shape index (κ2) is 9.78. The van der Waals surface area contributed by atoms with Gasteiger partial charge in [0.1, 0.15) is 17.2 Å². The van der Waals surface area contributed by atoms with Crippen LogP contribution in [0.15, 0.2) is 72.9 Å². The molecule has 0 aliphatic rings. The van der Waals surface area contributed by atoms with Gasteiger partial charge in [-0.15, -0.1) is 0 Å². The lowest BCUT2D eigenvalue weighted by atomic mass is 10.1. The Morgan fingerprint density at radius 3 is 2.44 bits per heavy atom. The van der Waals surface area contributed by atoms with Gasteiger partial charge in [-0.05, 0) is 54.1 Å². The Morgan fingerprint density at radius 2 is 1.75 bits per heavy atom. The van der Waals surface area contributed by atoms with Crippen LogP contribution in [0.3, 0.4) is 0 Å². The molecule has 0 aliphatic heterocycles. The SMILES string of the molecule is CNC(=O)c1cc(Oc2ccc(NC(=O)C=Cc3cccc(C(F)(F)F)c3)cc2)ccn1. The van der Waals surface area contributed by atoms with Crippen molar-refractivity contribution in [3.63, 3.8) is 0 Å². The van der Waals surface area contributed by atoms with Gasteiger partial charge in [0.25, 0.3) is 5.91 Å². The summed E-state index contributed by atoms with van der Waals surface area (Å²) in [5.74, 6) is 0.0445. The molecule has 0 unspecified atom stereocenters. The molecule has 2 aromatic carbocycles. The first-order valence-electron chi connectivity index (χ1n) is 9.37. The van der Waals surface area contributed by atoms with Gasteiger partial charge in [0.2, 0.25) is 5.91 Å². The number of benzene rings is 2. The lowest BCUT2D eigenvalue weighted by molar-refractivity contribution is -0.137. The molecular formula is C23H18F3N3O3. The van der Waals surface area contributed by atoms with E-state index in [1.807, 2.05) is 0 Å². The predicted octanol–water partition coefficient (Wildman–Crippen LogP) is 4.90. The first-order chi connectivity index (χ1) is 15.2. The lowest BCUT2D eigenvalue weighted by Crippen LogP contribution is -2.18. The number of pyridine rings is 1. The van der Waals surface area contributed by atoms with Gasteiger partial charge in [-0.2, -0.15) is 13.2 Å². The molecule has 0 aliphatic carbocycles. The summed E-state index contributed by atoms with van der Waals surface area (Å²) in [6.07, 6.45) is -0.548. The van der Waals surface area contributed by atoms with Gasteiger partial charge in [0, 0.05) is 31.1 Å². The van der Waals surface area contributed by atoms with Crippen molar-refractivity contribution in [2.75, 3.05) is 12.4 Å². The van der Waals surface area contributed by atoms with Crippen molar-refractivity contribution in [1.82, 2.24) is 10.3 Å². The Balaban J connectivity index is 1.60. The molecule has 2 N–H and O–H groups in total. The Morgan fingerprint density at radius 1 is 1.00 bits per heavy atom. The number of rotatable bonds is 6. The number of hydrogen-bond donors (Lipinski definition) is 2. The van der Waals surface area contributed by atoms with Crippen molar-refractivity contribution in [3.05, 3.63) is 89.8 Å². The van der Waals surface area contributed by atoms with Crippen LogP contribution in [0.1, 0.15) is 21.6 Å². The molecular weight excluding hydrogens is 423 g/mol. The third-order valence-electron chi connectivity index (χ3n) is 4.19. The molecule has 0 fully saturated rings. The first kappa shape index (κ1) is 22.5. The van der Waals surface area contributed by atoms with Gasteiger partial charge in [-0.25, -0.2) is 0 Å². The molecule has 3 rings (SSSR count). The number of anilines is 1. The van der Waals surface area contributed by atoms with Crippen molar-refractivity contribution >= 4 is 23.6 Å². The van der Waals surface area contributed by atoms with E-state index in [9.17, 15) is 22.8 Å². The third kappa shape index (κ3) is 6.18. The van der Waals surface area contributed by atoms with Gasteiger partial charge >= 0.3 is 6.18 Å². The van der Waals surface area contributed by atoms with Crippen molar-refractivity contribution in [3.8, 4) is 11.5 Å². The van der Waals surface area contributed by atoms with Crippen LogP contribution in [0.4, 0.5) is 18.9 Å². The van der Waals surface area contributed by atoms with Gasteiger partial charge in [0.15, 0.2) is 0 Å².